The van der Waals surface area contributed by atoms with E-state index in [9.17, 15) is 18.0 Å². The van der Waals surface area contributed by atoms with Crippen molar-refractivity contribution in [3.05, 3.63) is 40.7 Å². The van der Waals surface area contributed by atoms with Crippen molar-refractivity contribution in [3.63, 3.8) is 0 Å². The molecule has 1 saturated heterocycles. The molecule has 3 aromatic heterocycles. The quantitative estimate of drug-likeness (QED) is 0.528. The first-order valence-corrected chi connectivity index (χ1v) is 11.1. The van der Waals surface area contributed by atoms with E-state index in [1.807, 2.05) is 0 Å². The molecule has 1 aliphatic rings. The minimum absolute atomic E-state index is 0.00185. The van der Waals surface area contributed by atoms with Gasteiger partial charge in [-0.15, -0.1) is 0 Å². The minimum atomic E-state index is -4.49. The van der Waals surface area contributed by atoms with Crippen LogP contribution in [0, 0.1) is 0 Å². The number of likely N-dealkylation sites (tertiary alicyclic amines) is 1. The predicted octanol–water partition coefficient (Wildman–Crippen LogP) is 3.88. The summed E-state index contributed by atoms with van der Waals surface area (Å²) in [7, 11) is 2.73. The highest BCUT2D eigenvalue weighted by Gasteiger charge is 2.31. The third-order valence-corrected chi connectivity index (χ3v) is 6.16. The number of rotatable bonds is 7. The largest absolute Gasteiger partial charge is 0.480 e. The highest BCUT2D eigenvalue weighted by atomic mass is 32.1. The van der Waals surface area contributed by atoms with E-state index in [4.69, 9.17) is 9.47 Å². The van der Waals surface area contributed by atoms with Gasteiger partial charge in [-0.3, -0.25) is 20.0 Å². The van der Waals surface area contributed by atoms with E-state index in [1.165, 1.54) is 38.0 Å². The van der Waals surface area contributed by atoms with Gasteiger partial charge in [0.1, 0.15) is 12.0 Å². The van der Waals surface area contributed by atoms with E-state index in [0.717, 1.165) is 43.1 Å². The van der Waals surface area contributed by atoms with Crippen LogP contribution in [-0.4, -0.2) is 58.1 Å². The van der Waals surface area contributed by atoms with E-state index in [1.54, 1.807) is 0 Å². The Bertz CT molecular complexity index is 1140. The monoisotopic (exact) mass is 494 g/mol. The summed E-state index contributed by atoms with van der Waals surface area (Å²) < 4.78 is 49.2. The number of aromatic nitrogens is 4. The van der Waals surface area contributed by atoms with Crippen molar-refractivity contribution < 1.29 is 27.4 Å². The topological polar surface area (TPSA) is 102 Å². The molecule has 1 amide bonds. The fraction of sp³-hybridized carbons (Fsp3) is 0.381. The number of nitrogens with one attached hydrogen (secondary N) is 1. The van der Waals surface area contributed by atoms with Crippen LogP contribution >= 0.6 is 11.3 Å². The van der Waals surface area contributed by atoms with Crippen LogP contribution in [0.2, 0.25) is 0 Å². The summed E-state index contributed by atoms with van der Waals surface area (Å²) in [5, 5.41) is 2.95. The van der Waals surface area contributed by atoms with Gasteiger partial charge < -0.3 is 9.47 Å². The van der Waals surface area contributed by atoms with Crippen molar-refractivity contribution in [2.75, 3.05) is 32.6 Å². The van der Waals surface area contributed by atoms with E-state index in [0.29, 0.717) is 12.2 Å². The number of alkyl halides is 3. The van der Waals surface area contributed by atoms with Crippen LogP contribution in [0.5, 0.6) is 11.8 Å². The standard InChI is InChI=1S/C21H21F3N6O3S/c1-32-18-15(19(33-2)27-11-26-18)17(31)29-20-28-16(14(34-20)10-30-7-3-4-8-30)13-6-5-12(9-25-13)21(22,23)24/h5-6,9,11H,3-4,7-8,10H2,1-2H3,(H,28,29,31). The molecule has 0 aliphatic carbocycles. The Morgan fingerprint density at radius 1 is 1.12 bits per heavy atom. The fourth-order valence-electron chi connectivity index (χ4n) is 3.58. The summed E-state index contributed by atoms with van der Waals surface area (Å²) >= 11 is 1.23. The van der Waals surface area contributed by atoms with Gasteiger partial charge in [-0.25, -0.2) is 15.0 Å². The molecular weight excluding hydrogens is 473 g/mol. The van der Waals surface area contributed by atoms with Crippen LogP contribution in [0.25, 0.3) is 11.4 Å². The van der Waals surface area contributed by atoms with Crippen molar-refractivity contribution in [2.45, 2.75) is 25.6 Å². The Kier molecular flexibility index (Phi) is 6.93. The normalized spacial score (nSPS) is 14.3. The number of anilines is 1. The van der Waals surface area contributed by atoms with Gasteiger partial charge in [0.05, 0.1) is 30.4 Å². The maximum atomic E-state index is 13.0. The van der Waals surface area contributed by atoms with Gasteiger partial charge in [0.2, 0.25) is 11.8 Å². The zero-order chi connectivity index (χ0) is 24.3. The summed E-state index contributed by atoms with van der Waals surface area (Å²) in [5.74, 6) is -0.534. The van der Waals surface area contributed by atoms with E-state index < -0.39 is 17.6 Å². The van der Waals surface area contributed by atoms with Gasteiger partial charge >= 0.3 is 6.18 Å². The number of nitrogens with zero attached hydrogens (tertiary/aromatic N) is 5. The summed E-state index contributed by atoms with van der Waals surface area (Å²) in [6.45, 7) is 2.37. The Labute approximate surface area is 197 Å². The fourth-order valence-corrected chi connectivity index (χ4v) is 4.58. The maximum absolute atomic E-state index is 13.0. The van der Waals surface area contributed by atoms with Crippen molar-refractivity contribution in [1.29, 1.82) is 0 Å². The lowest BCUT2D eigenvalue weighted by molar-refractivity contribution is -0.137. The zero-order valence-electron chi connectivity index (χ0n) is 18.3. The van der Waals surface area contributed by atoms with Crippen LogP contribution in [0.1, 0.15) is 33.6 Å². The van der Waals surface area contributed by atoms with Crippen LogP contribution in [0.15, 0.2) is 24.7 Å². The van der Waals surface area contributed by atoms with Gasteiger partial charge in [-0.05, 0) is 38.1 Å². The number of halogens is 3. The van der Waals surface area contributed by atoms with E-state index in [-0.39, 0.29) is 28.1 Å². The van der Waals surface area contributed by atoms with Crippen molar-refractivity contribution in [1.82, 2.24) is 24.8 Å². The van der Waals surface area contributed by atoms with Gasteiger partial charge in [-0.1, -0.05) is 11.3 Å². The van der Waals surface area contributed by atoms with Crippen LogP contribution < -0.4 is 14.8 Å². The first kappa shape index (κ1) is 23.8. The van der Waals surface area contributed by atoms with Crippen LogP contribution in [0.4, 0.5) is 18.3 Å². The van der Waals surface area contributed by atoms with Gasteiger partial charge in [0, 0.05) is 12.7 Å². The Morgan fingerprint density at radius 3 is 2.35 bits per heavy atom. The third-order valence-electron chi connectivity index (χ3n) is 5.21. The number of thiazole rings is 1. The van der Waals surface area contributed by atoms with Gasteiger partial charge in [-0.2, -0.15) is 13.2 Å². The third kappa shape index (κ3) is 5.09. The molecule has 0 aromatic carbocycles. The maximum Gasteiger partial charge on any atom is 0.417 e. The first-order valence-electron chi connectivity index (χ1n) is 10.3. The summed E-state index contributed by atoms with van der Waals surface area (Å²) in [5.41, 5.74) is -0.135. The summed E-state index contributed by atoms with van der Waals surface area (Å²) in [6, 6.07) is 2.25. The molecule has 13 heteroatoms. The molecule has 1 aliphatic heterocycles. The van der Waals surface area contributed by atoms with E-state index >= 15 is 0 Å². The first-order chi connectivity index (χ1) is 16.3. The smallest absolute Gasteiger partial charge is 0.417 e. The second-order valence-corrected chi connectivity index (χ2v) is 8.51. The van der Waals surface area contributed by atoms with E-state index in [2.05, 4.69) is 30.2 Å². The van der Waals surface area contributed by atoms with Crippen molar-refractivity contribution >= 4 is 22.4 Å². The molecule has 0 spiro atoms. The molecule has 3 aromatic rings. The molecule has 1 fully saturated rings. The SMILES string of the molecule is COc1ncnc(OC)c1C(=O)Nc1nc(-c2ccc(C(F)(F)F)cn2)c(CN2CCCC2)s1. The molecular formula is C21H21F3N6O3S. The summed E-state index contributed by atoms with van der Waals surface area (Å²) in [4.78, 5) is 32.4. The number of methoxy groups -OCH3 is 2. The number of pyridine rings is 1. The lowest BCUT2D eigenvalue weighted by atomic mass is 10.2. The average Bonchev–Trinajstić information content (AvgIpc) is 3.48. The molecule has 0 bridgehead atoms. The van der Waals surface area contributed by atoms with Crippen molar-refractivity contribution in [2.24, 2.45) is 0 Å². The molecule has 4 heterocycles. The predicted molar refractivity (Wildman–Crippen MR) is 118 cm³/mol. The number of hydrogen-bond acceptors (Lipinski definition) is 9. The molecule has 4 rings (SSSR count). The number of amides is 1. The molecule has 34 heavy (non-hydrogen) atoms. The average molecular weight is 494 g/mol. The minimum Gasteiger partial charge on any atom is -0.480 e. The summed E-state index contributed by atoms with van der Waals surface area (Å²) in [6.07, 6.45) is -0.349. The molecule has 1 N–H and O–H groups in total. The molecule has 0 atom stereocenters. The number of hydrogen-bond donors (Lipinski definition) is 1. The number of ether oxygens (including phenoxy) is 2. The van der Waals surface area contributed by atoms with Crippen LogP contribution in [-0.2, 0) is 12.7 Å². The molecule has 0 unspecified atom stereocenters. The molecule has 180 valence electrons. The van der Waals surface area contributed by atoms with Gasteiger partial charge in [0.25, 0.3) is 5.91 Å². The number of carbonyl (C=O) groups excluding carboxylic acids is 1. The lowest BCUT2D eigenvalue weighted by Crippen LogP contribution is -2.18. The number of carbonyl (C=O) groups is 1. The highest BCUT2D eigenvalue weighted by molar-refractivity contribution is 7.16. The molecule has 0 radical (unpaired) electrons. The molecule has 9 nitrogen and oxygen atoms in total. The Balaban J connectivity index is 1.66. The molecule has 0 saturated carbocycles. The van der Waals surface area contributed by atoms with Crippen LogP contribution in [0.3, 0.4) is 0 Å². The Morgan fingerprint density at radius 2 is 1.79 bits per heavy atom. The second-order valence-electron chi connectivity index (χ2n) is 7.43. The second kappa shape index (κ2) is 9.89. The van der Waals surface area contributed by atoms with Gasteiger partial charge in [0.15, 0.2) is 10.7 Å². The lowest BCUT2D eigenvalue weighted by Gasteiger charge is -2.13. The Hall–Kier alpha value is -3.32. The van der Waals surface area contributed by atoms with Crippen molar-refractivity contribution in [3.8, 4) is 23.1 Å². The highest BCUT2D eigenvalue weighted by Crippen LogP contribution is 2.35. The zero-order valence-corrected chi connectivity index (χ0v) is 19.2.